The zero-order valence-corrected chi connectivity index (χ0v) is 20.1. The van der Waals surface area contributed by atoms with Crippen LogP contribution < -0.4 is 18.9 Å². The van der Waals surface area contributed by atoms with Gasteiger partial charge in [0.2, 0.25) is 0 Å². The molecule has 0 spiro atoms. The average molecular weight is 521 g/mol. The summed E-state index contributed by atoms with van der Waals surface area (Å²) in [4.78, 5) is -0.278. The fourth-order valence-corrected chi connectivity index (χ4v) is 5.53. The highest BCUT2D eigenvalue weighted by Gasteiger charge is 2.35. The molecule has 1 fully saturated rings. The Morgan fingerprint density at radius 1 is 1.19 bits per heavy atom. The van der Waals surface area contributed by atoms with Gasteiger partial charge in [-0.25, -0.2) is 8.42 Å². The van der Waals surface area contributed by atoms with Gasteiger partial charge in [0.25, 0.3) is 10.0 Å². The first-order valence-corrected chi connectivity index (χ1v) is 12.4. The maximum absolute atomic E-state index is 13.6. The van der Waals surface area contributed by atoms with Crippen molar-refractivity contribution >= 4 is 26.8 Å². The molecule has 0 amide bonds. The summed E-state index contributed by atoms with van der Waals surface area (Å²) in [6.45, 7) is -2.87. The van der Waals surface area contributed by atoms with E-state index in [9.17, 15) is 17.2 Å². The molecule has 0 atom stereocenters. The zero-order chi connectivity index (χ0) is 25.4. The number of methoxy groups -OCH3 is 2. The number of benzene rings is 2. The van der Waals surface area contributed by atoms with Gasteiger partial charge in [-0.3, -0.25) is 9.40 Å². The van der Waals surface area contributed by atoms with E-state index in [1.807, 2.05) is 0 Å². The van der Waals surface area contributed by atoms with E-state index < -0.39 is 16.6 Å². The second-order valence-electron chi connectivity index (χ2n) is 8.14. The molecule has 1 saturated carbocycles. The van der Waals surface area contributed by atoms with Crippen molar-refractivity contribution in [2.75, 3.05) is 18.9 Å². The van der Waals surface area contributed by atoms with Crippen molar-refractivity contribution in [2.24, 2.45) is 0 Å². The monoisotopic (exact) mass is 520 g/mol. The van der Waals surface area contributed by atoms with Gasteiger partial charge in [0, 0.05) is 18.0 Å². The Balaban J connectivity index is 1.66. The molecule has 0 radical (unpaired) electrons. The molecule has 0 saturated heterocycles. The zero-order valence-electron chi connectivity index (χ0n) is 19.3. The molecule has 190 valence electrons. The molecule has 0 unspecified atom stereocenters. The first-order valence-electron chi connectivity index (χ1n) is 10.9. The number of hydrogen-bond donors (Lipinski definition) is 1. The van der Waals surface area contributed by atoms with Gasteiger partial charge in [-0.1, -0.05) is 11.2 Å². The summed E-state index contributed by atoms with van der Waals surface area (Å²) in [5, 5.41) is 8.04. The molecule has 36 heavy (non-hydrogen) atoms. The number of hydrogen-bond acceptors (Lipinski definition) is 8. The molecule has 2 heterocycles. The molecule has 4 aromatic rings. The van der Waals surface area contributed by atoms with Crippen LogP contribution in [0, 0.1) is 0 Å². The number of aromatic nitrogens is 3. The van der Waals surface area contributed by atoms with E-state index in [1.54, 1.807) is 35.3 Å². The number of rotatable bonds is 10. The minimum atomic E-state index is -4.35. The highest BCUT2D eigenvalue weighted by atomic mass is 32.2. The summed E-state index contributed by atoms with van der Waals surface area (Å²) in [6, 6.07) is 7.88. The van der Waals surface area contributed by atoms with E-state index in [0.717, 1.165) is 12.8 Å². The van der Waals surface area contributed by atoms with Gasteiger partial charge < -0.3 is 18.7 Å². The lowest BCUT2D eigenvalue weighted by Gasteiger charge is -2.17. The van der Waals surface area contributed by atoms with Gasteiger partial charge in [-0.15, -0.1) is 0 Å². The van der Waals surface area contributed by atoms with Crippen LogP contribution in [-0.2, 0) is 16.6 Å². The quantitative estimate of drug-likeness (QED) is 0.328. The van der Waals surface area contributed by atoms with Crippen LogP contribution in [0.25, 0.3) is 11.0 Å². The van der Waals surface area contributed by atoms with Crippen LogP contribution >= 0.6 is 0 Å². The van der Waals surface area contributed by atoms with E-state index in [2.05, 4.69) is 15.0 Å². The van der Waals surface area contributed by atoms with Crippen molar-refractivity contribution in [3.8, 4) is 17.2 Å². The fourth-order valence-electron chi connectivity index (χ4n) is 4.20. The van der Waals surface area contributed by atoms with Crippen LogP contribution in [0.4, 0.5) is 14.6 Å². The molecule has 2 aromatic carbocycles. The smallest absolute Gasteiger partial charge is 0.387 e. The van der Waals surface area contributed by atoms with Gasteiger partial charge in [-0.05, 0) is 48.6 Å². The topological polar surface area (TPSA) is 118 Å². The van der Waals surface area contributed by atoms with Crippen molar-refractivity contribution in [3.05, 3.63) is 53.9 Å². The Kier molecular flexibility index (Phi) is 6.16. The summed E-state index contributed by atoms with van der Waals surface area (Å²) in [5.41, 5.74) is 1.31. The molecule has 0 aliphatic heterocycles. The minimum absolute atomic E-state index is 0.00106. The first-order chi connectivity index (χ1) is 17.3. The molecule has 13 heteroatoms. The van der Waals surface area contributed by atoms with Crippen LogP contribution in [-0.4, -0.2) is 44.2 Å². The summed E-state index contributed by atoms with van der Waals surface area (Å²) < 4.78 is 78.7. The van der Waals surface area contributed by atoms with Crippen LogP contribution in [0.2, 0.25) is 0 Å². The molecule has 1 aliphatic rings. The van der Waals surface area contributed by atoms with Crippen LogP contribution in [0.1, 0.15) is 29.9 Å². The van der Waals surface area contributed by atoms with Gasteiger partial charge >= 0.3 is 6.61 Å². The summed E-state index contributed by atoms with van der Waals surface area (Å²) >= 11 is 0. The Morgan fingerprint density at radius 2 is 1.92 bits per heavy atom. The van der Waals surface area contributed by atoms with E-state index >= 15 is 0 Å². The predicted octanol–water partition coefficient (Wildman–Crippen LogP) is 4.37. The van der Waals surface area contributed by atoms with Crippen LogP contribution in [0.3, 0.4) is 0 Å². The standard InChI is InChI=1S/C23H22F2N4O6S/c1-32-15-5-3-6-16(33-2)21(15)36(30,31)28-22-19-17(35-27-22)11-14(12-29-10-4-9-26-29)18(13-7-8-13)20(19)34-23(24)25/h3-6,9-11,13,23H,7-8,12H2,1-2H3,(H,27,28). The Hall–Kier alpha value is -3.87. The third-order valence-electron chi connectivity index (χ3n) is 5.81. The van der Waals surface area contributed by atoms with Crippen molar-refractivity contribution in [2.45, 2.75) is 36.8 Å². The SMILES string of the molecule is COc1cccc(OC)c1S(=O)(=O)Nc1noc2cc(Cn3cccn3)c(C3CC3)c(OC(F)F)c12. The highest BCUT2D eigenvalue weighted by molar-refractivity contribution is 7.93. The van der Waals surface area contributed by atoms with Gasteiger partial charge in [-0.2, -0.15) is 13.9 Å². The normalized spacial score (nSPS) is 13.8. The first kappa shape index (κ1) is 23.9. The van der Waals surface area contributed by atoms with Crippen molar-refractivity contribution < 1.29 is 35.9 Å². The summed E-state index contributed by atoms with van der Waals surface area (Å²) in [7, 11) is -1.72. The maximum atomic E-state index is 13.6. The van der Waals surface area contributed by atoms with E-state index in [1.165, 1.54) is 26.4 Å². The number of nitrogens with one attached hydrogen (secondary N) is 1. The lowest BCUT2D eigenvalue weighted by molar-refractivity contribution is -0.0494. The molecular weight excluding hydrogens is 498 g/mol. The highest BCUT2D eigenvalue weighted by Crippen LogP contribution is 2.51. The number of halogens is 2. The van der Waals surface area contributed by atoms with Crippen molar-refractivity contribution in [1.82, 2.24) is 14.9 Å². The molecule has 5 rings (SSSR count). The lowest BCUT2D eigenvalue weighted by atomic mass is 9.99. The van der Waals surface area contributed by atoms with Gasteiger partial charge in [0.05, 0.1) is 20.8 Å². The molecule has 2 aromatic heterocycles. The van der Waals surface area contributed by atoms with E-state index in [4.69, 9.17) is 18.7 Å². The largest absolute Gasteiger partial charge is 0.495 e. The molecule has 1 aliphatic carbocycles. The predicted molar refractivity (Wildman–Crippen MR) is 124 cm³/mol. The minimum Gasteiger partial charge on any atom is -0.495 e. The lowest BCUT2D eigenvalue weighted by Crippen LogP contribution is -2.16. The van der Waals surface area contributed by atoms with Crippen LogP contribution in [0.15, 0.2) is 52.1 Å². The number of anilines is 1. The third kappa shape index (κ3) is 4.41. The van der Waals surface area contributed by atoms with Gasteiger partial charge in [0.1, 0.15) is 22.6 Å². The second-order valence-corrected chi connectivity index (χ2v) is 9.76. The number of nitrogens with zero attached hydrogens (tertiary/aromatic N) is 3. The Bertz CT molecular complexity index is 1480. The average Bonchev–Trinajstić information content (AvgIpc) is 3.40. The van der Waals surface area contributed by atoms with Crippen molar-refractivity contribution in [1.29, 1.82) is 0 Å². The number of alkyl halides is 2. The fraction of sp³-hybridized carbons (Fsp3) is 0.304. The molecule has 10 nitrogen and oxygen atoms in total. The Morgan fingerprint density at radius 3 is 2.50 bits per heavy atom. The number of ether oxygens (including phenoxy) is 3. The molecule has 1 N–H and O–H groups in total. The van der Waals surface area contributed by atoms with Crippen molar-refractivity contribution in [3.63, 3.8) is 0 Å². The summed E-state index contributed by atoms with van der Waals surface area (Å²) in [6.07, 6.45) is 4.92. The number of fused-ring (bicyclic) bond motifs is 1. The Labute approximate surface area is 204 Å². The second kappa shape index (κ2) is 9.30. The molecule has 0 bridgehead atoms. The maximum Gasteiger partial charge on any atom is 0.387 e. The summed E-state index contributed by atoms with van der Waals surface area (Å²) in [5.74, 6) is -0.431. The van der Waals surface area contributed by atoms with E-state index in [-0.39, 0.29) is 51.4 Å². The molecular formula is C23H22F2N4O6S. The number of sulfonamides is 1. The van der Waals surface area contributed by atoms with E-state index in [0.29, 0.717) is 11.1 Å². The van der Waals surface area contributed by atoms with Gasteiger partial charge in [0.15, 0.2) is 16.3 Å². The van der Waals surface area contributed by atoms with Crippen LogP contribution in [0.5, 0.6) is 17.2 Å². The third-order valence-corrected chi connectivity index (χ3v) is 7.21.